The number of halogens is 1. The van der Waals surface area contributed by atoms with Crippen molar-refractivity contribution in [1.82, 2.24) is 9.99 Å². The molecule has 0 spiro atoms. The molecule has 2 rings (SSSR count). The van der Waals surface area contributed by atoms with Gasteiger partial charge < -0.3 is 9.88 Å². The van der Waals surface area contributed by atoms with Crippen molar-refractivity contribution in [3.05, 3.63) is 51.8 Å². The van der Waals surface area contributed by atoms with Crippen LogP contribution >= 0.6 is 23.8 Å². The normalized spacial score (nSPS) is 10.6. The van der Waals surface area contributed by atoms with E-state index >= 15 is 0 Å². The minimum atomic E-state index is 0.362. The van der Waals surface area contributed by atoms with Crippen LogP contribution in [-0.4, -0.2) is 15.9 Å². The summed E-state index contributed by atoms with van der Waals surface area (Å²) in [6, 6.07) is 9.46. The highest BCUT2D eigenvalue weighted by Gasteiger charge is 2.06. The molecule has 1 aromatic heterocycles. The number of anilines is 1. The van der Waals surface area contributed by atoms with E-state index < -0.39 is 0 Å². The number of rotatable bonds is 3. The van der Waals surface area contributed by atoms with Crippen molar-refractivity contribution in [2.24, 2.45) is 12.1 Å². The summed E-state index contributed by atoms with van der Waals surface area (Å²) >= 11 is 11.3. The largest absolute Gasteiger partial charge is 0.339 e. The number of hydrogen-bond donors (Lipinski definition) is 2. The Bertz CT molecular complexity index is 817. The zero-order valence-corrected chi connectivity index (χ0v) is 14.6. The molecule has 0 aliphatic heterocycles. The van der Waals surface area contributed by atoms with Crippen LogP contribution in [-0.2, 0) is 7.05 Å². The number of nitrogens with one attached hydrogen (secondary N) is 2. The fourth-order valence-electron chi connectivity index (χ4n) is 2.01. The number of hydrazone groups is 1. The summed E-state index contributed by atoms with van der Waals surface area (Å²) in [7, 11) is 1.84. The molecule has 5 nitrogen and oxygen atoms in total. The lowest BCUT2D eigenvalue weighted by Crippen LogP contribution is -2.24. The highest BCUT2D eigenvalue weighted by Crippen LogP contribution is 2.22. The van der Waals surface area contributed by atoms with E-state index in [1.807, 2.05) is 43.7 Å². The molecule has 2 N–H and O–H groups in total. The van der Waals surface area contributed by atoms with Gasteiger partial charge in [-0.15, -0.1) is 0 Å². The van der Waals surface area contributed by atoms with Crippen molar-refractivity contribution in [1.29, 1.82) is 5.26 Å². The van der Waals surface area contributed by atoms with Gasteiger partial charge in [-0.1, -0.05) is 17.7 Å². The van der Waals surface area contributed by atoms with Crippen LogP contribution in [0.4, 0.5) is 5.69 Å². The van der Waals surface area contributed by atoms with E-state index in [1.165, 1.54) is 0 Å². The lowest BCUT2D eigenvalue weighted by molar-refractivity contribution is 0.865. The minimum Gasteiger partial charge on any atom is -0.339 e. The second kappa shape index (κ2) is 7.27. The number of aromatic nitrogens is 1. The van der Waals surface area contributed by atoms with Crippen LogP contribution in [0.2, 0.25) is 5.02 Å². The Morgan fingerprint density at radius 2 is 2.17 bits per heavy atom. The highest BCUT2D eigenvalue weighted by atomic mass is 35.5. The third-order valence-corrected chi connectivity index (χ3v) is 4.18. The fourth-order valence-corrected chi connectivity index (χ4v) is 2.35. The molecule has 23 heavy (non-hydrogen) atoms. The number of nitriles is 1. The van der Waals surface area contributed by atoms with E-state index in [9.17, 15) is 0 Å². The molecule has 1 heterocycles. The molecule has 2 aromatic rings. The summed E-state index contributed by atoms with van der Waals surface area (Å²) < 4.78 is 1.81. The van der Waals surface area contributed by atoms with Crippen molar-refractivity contribution in [3.8, 4) is 6.07 Å². The summed E-state index contributed by atoms with van der Waals surface area (Å²) in [4.78, 5) is 0. The maximum atomic E-state index is 9.01. The van der Waals surface area contributed by atoms with Crippen LogP contribution in [0.15, 0.2) is 29.4 Å². The lowest BCUT2D eigenvalue weighted by Gasteiger charge is -2.10. The summed E-state index contributed by atoms with van der Waals surface area (Å²) in [5.74, 6) is 0. The van der Waals surface area contributed by atoms with Gasteiger partial charge in [0.2, 0.25) is 0 Å². The molecule has 118 valence electrons. The Morgan fingerprint density at radius 1 is 1.43 bits per heavy atom. The standard InChI is InChI=1S/C16H16ClN5S/c1-10-14(17)5-4-6-15(10)20-16(23)21-19-9-12-7-13(8-18)22(3)11(12)2/h4-7,9H,1-3H3,(H2,20,21,23)/b19-9-. The zero-order chi connectivity index (χ0) is 17.0. The van der Waals surface area contributed by atoms with Crippen LogP contribution < -0.4 is 10.7 Å². The zero-order valence-electron chi connectivity index (χ0n) is 13.0. The molecule has 0 saturated carbocycles. The molecule has 0 atom stereocenters. The number of hydrogen-bond acceptors (Lipinski definition) is 3. The Morgan fingerprint density at radius 3 is 2.83 bits per heavy atom. The SMILES string of the molecule is Cc1c(Cl)cccc1NC(=S)N/N=C\c1cc(C#N)n(C)c1C. The Balaban J connectivity index is 2.02. The van der Waals surface area contributed by atoms with E-state index in [0.29, 0.717) is 15.8 Å². The van der Waals surface area contributed by atoms with Crippen LogP contribution in [0.1, 0.15) is 22.5 Å². The van der Waals surface area contributed by atoms with Crippen LogP contribution in [0.5, 0.6) is 0 Å². The molecule has 7 heteroatoms. The molecular formula is C16H16ClN5S. The van der Waals surface area contributed by atoms with Crippen molar-refractivity contribution in [2.75, 3.05) is 5.32 Å². The first-order chi connectivity index (χ1) is 10.9. The molecule has 1 aromatic carbocycles. The first-order valence-electron chi connectivity index (χ1n) is 6.85. The Hall–Kier alpha value is -2.36. The van der Waals surface area contributed by atoms with Gasteiger partial charge in [-0.3, -0.25) is 5.43 Å². The molecule has 0 aliphatic rings. The lowest BCUT2D eigenvalue weighted by atomic mass is 10.2. The van der Waals surface area contributed by atoms with Gasteiger partial charge in [-0.2, -0.15) is 10.4 Å². The fraction of sp³-hybridized carbons (Fsp3) is 0.188. The highest BCUT2D eigenvalue weighted by molar-refractivity contribution is 7.80. The second-order valence-corrected chi connectivity index (χ2v) is 5.79. The van der Waals surface area contributed by atoms with Gasteiger partial charge in [0.25, 0.3) is 0 Å². The van der Waals surface area contributed by atoms with Gasteiger partial charge in [0.15, 0.2) is 5.11 Å². The summed E-state index contributed by atoms with van der Waals surface area (Å²) in [5, 5.41) is 17.2. The number of nitrogens with zero attached hydrogens (tertiary/aromatic N) is 3. The van der Waals surface area contributed by atoms with Crippen LogP contribution in [0.3, 0.4) is 0 Å². The third kappa shape index (κ3) is 3.89. The number of benzene rings is 1. The van der Waals surface area contributed by atoms with Crippen molar-refractivity contribution in [3.63, 3.8) is 0 Å². The van der Waals surface area contributed by atoms with Crippen LogP contribution in [0.25, 0.3) is 0 Å². The molecule has 0 radical (unpaired) electrons. The van der Waals surface area contributed by atoms with E-state index in [-0.39, 0.29) is 0 Å². The van der Waals surface area contributed by atoms with Gasteiger partial charge in [0, 0.05) is 29.0 Å². The Kier molecular flexibility index (Phi) is 5.37. The van der Waals surface area contributed by atoms with E-state index in [4.69, 9.17) is 29.1 Å². The average molecular weight is 346 g/mol. The third-order valence-electron chi connectivity index (χ3n) is 3.57. The molecule has 0 amide bonds. The predicted molar refractivity (Wildman–Crippen MR) is 98.0 cm³/mol. The summed E-state index contributed by atoms with van der Waals surface area (Å²) in [6.07, 6.45) is 1.63. The van der Waals surface area contributed by atoms with Gasteiger partial charge in [-0.25, -0.2) is 0 Å². The van der Waals surface area contributed by atoms with Crippen molar-refractivity contribution in [2.45, 2.75) is 13.8 Å². The monoisotopic (exact) mass is 345 g/mol. The van der Waals surface area contributed by atoms with E-state index in [1.54, 1.807) is 12.3 Å². The summed E-state index contributed by atoms with van der Waals surface area (Å²) in [5.41, 5.74) is 6.90. The van der Waals surface area contributed by atoms with Crippen LogP contribution in [0, 0.1) is 25.2 Å². The van der Waals surface area contributed by atoms with Crippen molar-refractivity contribution < 1.29 is 0 Å². The quantitative estimate of drug-likeness (QED) is 0.507. The number of thiocarbonyl (C=S) groups is 1. The van der Waals surface area contributed by atoms with Gasteiger partial charge in [-0.05, 0) is 49.8 Å². The predicted octanol–water partition coefficient (Wildman–Crippen LogP) is 3.49. The smallest absolute Gasteiger partial charge is 0.191 e. The molecule has 0 aliphatic carbocycles. The first-order valence-corrected chi connectivity index (χ1v) is 7.64. The van der Waals surface area contributed by atoms with E-state index in [0.717, 1.165) is 22.5 Å². The molecule has 0 bridgehead atoms. The molecule has 0 fully saturated rings. The van der Waals surface area contributed by atoms with Gasteiger partial charge in [0.1, 0.15) is 11.8 Å². The first kappa shape index (κ1) is 17.0. The maximum Gasteiger partial charge on any atom is 0.191 e. The Labute approximate surface area is 145 Å². The topological polar surface area (TPSA) is 65.1 Å². The maximum absolute atomic E-state index is 9.01. The minimum absolute atomic E-state index is 0.362. The van der Waals surface area contributed by atoms with E-state index in [2.05, 4.69) is 21.9 Å². The molecule has 0 unspecified atom stereocenters. The molecule has 0 saturated heterocycles. The summed E-state index contributed by atoms with van der Waals surface area (Å²) in [6.45, 7) is 3.83. The molecular weight excluding hydrogens is 330 g/mol. The second-order valence-electron chi connectivity index (χ2n) is 4.98. The van der Waals surface area contributed by atoms with Gasteiger partial charge >= 0.3 is 0 Å². The average Bonchev–Trinajstić information content (AvgIpc) is 2.80. The van der Waals surface area contributed by atoms with Crippen molar-refractivity contribution >= 4 is 40.8 Å². The van der Waals surface area contributed by atoms with Gasteiger partial charge in [0.05, 0.1) is 6.21 Å².